The van der Waals surface area contributed by atoms with Crippen LogP contribution in [0.5, 0.6) is 0 Å². The highest BCUT2D eigenvalue weighted by molar-refractivity contribution is 7.23. The highest BCUT2D eigenvalue weighted by Crippen LogP contribution is 2.49. The van der Waals surface area contributed by atoms with Crippen LogP contribution in [0.3, 0.4) is 0 Å². The summed E-state index contributed by atoms with van der Waals surface area (Å²) in [6, 6.07) is 134. The van der Waals surface area contributed by atoms with E-state index in [1.54, 1.807) is 17.5 Å². The van der Waals surface area contributed by atoms with Crippen molar-refractivity contribution in [3.63, 3.8) is 0 Å². The van der Waals surface area contributed by atoms with Crippen molar-refractivity contribution in [3.8, 4) is 112 Å². The number of aromatic nitrogens is 11. The van der Waals surface area contributed by atoms with Crippen molar-refractivity contribution in [2.45, 2.75) is 0 Å². The number of nitrogens with zero attached hydrogens (tertiary/aromatic N) is 12. The molecule has 0 unspecified atom stereocenters. The summed E-state index contributed by atoms with van der Waals surface area (Å²) in [7, 11) is 0. The zero-order chi connectivity index (χ0) is 90.5. The molecule has 0 aliphatic heterocycles. The number of benzene rings is 16. The largest absolute Gasteiger partial charge is 0.452 e. The molecule has 9 aromatic heterocycles. The normalized spacial score (nSPS) is 11.2. The summed E-state index contributed by atoms with van der Waals surface area (Å²) in [5, 5.41) is 14.0. The van der Waals surface area contributed by atoms with Gasteiger partial charge in [0.2, 0.25) is 32.1 Å². The van der Waals surface area contributed by atoms with Gasteiger partial charge in [0.1, 0.15) is 22.5 Å². The molecule has 25 aromatic rings. The Morgan fingerprint density at radius 2 is 0.672 bits per heavy atom. The Hall–Kier alpha value is -16.1. The third-order valence-corrected chi connectivity index (χ3v) is 25.1. The van der Waals surface area contributed by atoms with Gasteiger partial charge in [-0.3, -0.25) is 4.98 Å². The molecule has 0 aliphatic carbocycles. The molecule has 0 aliphatic rings. The van der Waals surface area contributed by atoms with E-state index in [0.717, 1.165) is 170 Å². The van der Waals surface area contributed by atoms with Gasteiger partial charge in [-0.2, -0.15) is 4.98 Å². The van der Waals surface area contributed by atoms with Crippen LogP contribution in [0.1, 0.15) is 0 Å². The molecule has 0 fully saturated rings. The molecule has 134 heavy (non-hydrogen) atoms. The van der Waals surface area contributed by atoms with E-state index in [1.807, 2.05) is 243 Å². The van der Waals surface area contributed by atoms with Crippen molar-refractivity contribution in [2.24, 2.45) is 0 Å². The molecule has 14 nitrogen and oxygen atoms in total. The fourth-order valence-electron chi connectivity index (χ4n) is 17.0. The van der Waals surface area contributed by atoms with Crippen LogP contribution in [0, 0.1) is 6.57 Å². The summed E-state index contributed by atoms with van der Waals surface area (Å²) in [5.41, 5.74) is 23.0. The molecular weight excluding hydrogens is 1780 g/mol. The maximum absolute atomic E-state index is 7.10. The molecule has 25 rings (SSSR count). The number of hydrogen-bond donors (Lipinski definition) is 0. The maximum atomic E-state index is 7.10. The quantitative estimate of drug-likeness (QED) is 0.0720. The first-order valence-corrected chi connectivity index (χ1v) is 45.5. The molecule has 636 valence electrons. The minimum atomic E-state index is 0.146. The van der Waals surface area contributed by atoms with Crippen molar-refractivity contribution < 1.29 is 8.83 Å². The Balaban J connectivity index is 0.000000101. The monoisotopic (exact) mass is 1840 g/mol. The highest BCUT2D eigenvalue weighted by Gasteiger charge is 2.27. The summed E-state index contributed by atoms with van der Waals surface area (Å²) in [4.78, 5) is 54.2. The molecule has 0 bridgehead atoms. The van der Waals surface area contributed by atoms with Gasteiger partial charge >= 0.3 is 0 Å². The topological polar surface area (TPSA) is 172 Å². The predicted octanol–water partition coefficient (Wildman–Crippen LogP) is 33.0. The number of pyridine rings is 1. The van der Waals surface area contributed by atoms with E-state index in [9.17, 15) is 0 Å². The van der Waals surface area contributed by atoms with Gasteiger partial charge in [0.15, 0.2) is 17.0 Å². The van der Waals surface area contributed by atoms with Gasteiger partial charge in [-0.25, -0.2) is 49.7 Å². The Morgan fingerprint density at radius 3 is 1.25 bits per heavy atom. The van der Waals surface area contributed by atoms with Crippen LogP contribution in [-0.2, 0) is 0 Å². The van der Waals surface area contributed by atoms with E-state index in [-0.39, 0.29) is 26.4 Å². The zero-order valence-electron chi connectivity index (χ0n) is 70.7. The maximum Gasteiger partial charge on any atom is 0.232 e. The van der Waals surface area contributed by atoms with E-state index < -0.39 is 0 Å². The Bertz CT molecular complexity index is 8700. The van der Waals surface area contributed by atoms with Gasteiger partial charge in [-0.15, -0.1) is 11.3 Å². The number of thiophene rings is 1. The lowest BCUT2D eigenvalue weighted by molar-refractivity contribution is 0.616. The van der Waals surface area contributed by atoms with Gasteiger partial charge in [-0.1, -0.05) is 370 Å². The third-order valence-electron chi connectivity index (χ3n) is 23.0. The van der Waals surface area contributed by atoms with Crippen molar-refractivity contribution in [1.82, 2.24) is 54.8 Å². The third kappa shape index (κ3) is 17.1. The minimum absolute atomic E-state index is 0.146. The van der Waals surface area contributed by atoms with Gasteiger partial charge < -0.3 is 8.83 Å². The fourth-order valence-corrected chi connectivity index (χ4v) is 19.1. The first-order chi connectivity index (χ1) is 66.0. The average molecular weight is 1850 g/mol. The lowest BCUT2D eigenvalue weighted by Gasteiger charge is -2.13. The van der Waals surface area contributed by atoms with Crippen LogP contribution in [0.25, 0.3) is 225 Å². The van der Waals surface area contributed by atoms with E-state index in [1.165, 1.54) is 21.2 Å². The molecule has 0 saturated carbocycles. The van der Waals surface area contributed by atoms with Crippen LogP contribution >= 0.6 is 69.3 Å². The zero-order valence-corrected chi connectivity index (χ0v) is 75.3. The van der Waals surface area contributed by atoms with E-state index in [2.05, 4.69) is 217 Å². The molecule has 16 aromatic carbocycles. The Morgan fingerprint density at radius 1 is 0.261 bits per heavy atom. The molecule has 0 amide bonds. The summed E-state index contributed by atoms with van der Waals surface area (Å²) < 4.78 is 13.5. The summed E-state index contributed by atoms with van der Waals surface area (Å²) in [6.07, 6.45) is 1.74. The second-order valence-corrected chi connectivity index (χ2v) is 33.9. The van der Waals surface area contributed by atoms with Crippen molar-refractivity contribution >= 4 is 183 Å². The minimum Gasteiger partial charge on any atom is -0.452 e. The first kappa shape index (κ1) is 84.7. The number of hydrogen-bond acceptors (Lipinski definition) is 14. The number of halogens is 5. The SMILES string of the molecule is Clc1nc(-c2ccccc2)c2c(-c3ccccc3)c(-c3ccccn3)oc2n1.Clc1nc(-c2ccccc2)c2c3ccccc3c3ccccc3c2n1.Clc1nc(-c2ccccc2)c2ccc3ccccc3c2n1.Clc1nc(-c2ccccc2)c2sc(-c3ccccc3)c(-c3ccccc3)c2n1.[C-]#[N+]c1ccc(-c2ccc(-c3nc(Cl)nc4c3oc3cc5ccccc5cc34)cc2)cc1. The first-order valence-electron chi connectivity index (χ1n) is 42.8. The fraction of sp³-hybridized carbons (Fsp3) is 0. The van der Waals surface area contributed by atoms with Crippen LogP contribution in [0.15, 0.2) is 415 Å². The molecule has 9 heterocycles. The summed E-state index contributed by atoms with van der Waals surface area (Å²) in [5.74, 6) is 0.649. The number of rotatable bonds is 10. The van der Waals surface area contributed by atoms with E-state index in [0.29, 0.717) is 34.0 Å². The van der Waals surface area contributed by atoms with E-state index in [4.69, 9.17) is 73.4 Å². The lowest BCUT2D eigenvalue weighted by Crippen LogP contribution is -1.94. The standard InChI is InChI=1S/C27H14ClN3O.C24H15ClN2S.C23H14ClN3O.C22H13ClN2.C18H11ClN2/c1-29-21-12-10-17(11-13-21)16-6-8-18(9-7-16)24-26-25(31-27(28)30-24)22-14-19-4-2-3-5-20(19)15-23(22)32-26;25-24-26-20(17-12-6-2-7-13-17)23-21(27-24)19(16-10-4-1-5-11-16)22(28-23)18-14-8-3-9-15-18;24-23-26-20(16-11-5-2-6-12-16)19-18(15-9-3-1-4-10-15)21(28-22(19)27-23)17-13-7-8-14-25-17;23-22-24-20(14-8-2-1-3-9-14)19-17-12-6-4-10-15(17)16-11-5-7-13-18(16)21(19)25-22;19-18-20-16(13-7-2-1-3-8-13)15-11-10-12-6-4-5-9-14(12)17(15)21-18/h2-15H;1-15H;1-14H;1-13H;1-11H. The number of fused-ring (bicyclic) bond motifs is 15. The van der Waals surface area contributed by atoms with Crippen LogP contribution < -0.4 is 0 Å². The van der Waals surface area contributed by atoms with Crippen LogP contribution in [0.4, 0.5) is 5.69 Å². The van der Waals surface area contributed by atoms with Gasteiger partial charge in [-0.05, 0) is 148 Å². The second kappa shape index (κ2) is 37.8. The highest BCUT2D eigenvalue weighted by atomic mass is 35.5. The average Bonchev–Trinajstić information content (AvgIpc) is 1.14. The molecule has 0 saturated heterocycles. The second-order valence-electron chi connectivity index (χ2n) is 31.2. The smallest absolute Gasteiger partial charge is 0.232 e. The van der Waals surface area contributed by atoms with E-state index >= 15 is 0 Å². The Labute approximate surface area is 796 Å². The summed E-state index contributed by atoms with van der Waals surface area (Å²) >= 11 is 33.1. The molecule has 0 radical (unpaired) electrons. The van der Waals surface area contributed by atoms with Crippen LogP contribution in [0.2, 0.25) is 26.4 Å². The van der Waals surface area contributed by atoms with Gasteiger partial charge in [0.25, 0.3) is 0 Å². The molecular formula is C114H67Cl5N12O2S. The molecule has 0 spiro atoms. The lowest BCUT2D eigenvalue weighted by atomic mass is 9.94. The predicted molar refractivity (Wildman–Crippen MR) is 551 cm³/mol. The molecule has 0 N–H and O–H groups in total. The van der Waals surface area contributed by atoms with Gasteiger partial charge in [0, 0.05) is 76.9 Å². The van der Waals surface area contributed by atoms with Crippen molar-refractivity contribution in [3.05, 3.63) is 444 Å². The molecule has 0 atom stereocenters. The van der Waals surface area contributed by atoms with Gasteiger partial charge in [0.05, 0.1) is 56.0 Å². The number of furan rings is 2. The van der Waals surface area contributed by atoms with Crippen LogP contribution in [-0.4, -0.2) is 54.8 Å². The van der Waals surface area contributed by atoms with Crippen molar-refractivity contribution in [1.29, 1.82) is 0 Å². The van der Waals surface area contributed by atoms with Crippen molar-refractivity contribution in [2.75, 3.05) is 0 Å². The summed E-state index contributed by atoms with van der Waals surface area (Å²) in [6.45, 7) is 7.10. The Kier molecular flexibility index (Phi) is 23.9. The molecule has 20 heteroatoms.